The van der Waals surface area contributed by atoms with Crippen LogP contribution in [0.25, 0.3) is 33.3 Å². The van der Waals surface area contributed by atoms with Gasteiger partial charge in [-0.3, -0.25) is 0 Å². The van der Waals surface area contributed by atoms with Crippen LogP contribution in [-0.2, 0) is 10.0 Å². The lowest BCUT2D eigenvalue weighted by atomic mass is 9.95. The van der Waals surface area contributed by atoms with E-state index in [1.54, 1.807) is 26.4 Å². The molecule has 6 heteroatoms. The molecule has 0 N–H and O–H groups in total. The first-order chi connectivity index (χ1) is 17.4. The van der Waals surface area contributed by atoms with Gasteiger partial charge in [0.15, 0.2) is 0 Å². The van der Waals surface area contributed by atoms with Gasteiger partial charge in [0.05, 0.1) is 30.3 Å². The summed E-state index contributed by atoms with van der Waals surface area (Å²) < 4.78 is 41.2. The van der Waals surface area contributed by atoms with Crippen LogP contribution in [0.15, 0.2) is 95.9 Å². The molecular formula is C30H27NO4S. The summed E-state index contributed by atoms with van der Waals surface area (Å²) in [6.07, 6.45) is 0. The van der Waals surface area contributed by atoms with Crippen LogP contribution in [0.1, 0.15) is 11.1 Å². The molecule has 4 aromatic carbocycles. The van der Waals surface area contributed by atoms with Crippen molar-refractivity contribution in [2.45, 2.75) is 18.7 Å². The Hall–Kier alpha value is -4.03. The van der Waals surface area contributed by atoms with Crippen LogP contribution in [0.5, 0.6) is 11.5 Å². The van der Waals surface area contributed by atoms with E-state index in [-0.39, 0.29) is 4.90 Å². The maximum absolute atomic E-state index is 14.3. The molecule has 0 saturated heterocycles. The molecule has 5 rings (SSSR count). The first-order valence-corrected chi connectivity index (χ1v) is 13.0. The van der Waals surface area contributed by atoms with Gasteiger partial charge >= 0.3 is 0 Å². The van der Waals surface area contributed by atoms with Crippen molar-refractivity contribution >= 4 is 20.9 Å². The van der Waals surface area contributed by atoms with Crippen molar-refractivity contribution in [1.82, 2.24) is 3.97 Å². The van der Waals surface area contributed by atoms with E-state index >= 15 is 0 Å². The first kappa shape index (κ1) is 23.7. The van der Waals surface area contributed by atoms with Gasteiger partial charge in [0.1, 0.15) is 11.5 Å². The summed E-state index contributed by atoms with van der Waals surface area (Å²) in [6, 6.07) is 28.0. The maximum Gasteiger partial charge on any atom is 0.268 e. The zero-order valence-electron chi connectivity index (χ0n) is 20.6. The summed E-state index contributed by atoms with van der Waals surface area (Å²) in [5, 5.41) is 0.832. The van der Waals surface area contributed by atoms with Gasteiger partial charge in [0, 0.05) is 16.5 Å². The van der Waals surface area contributed by atoms with Gasteiger partial charge < -0.3 is 9.47 Å². The topological polar surface area (TPSA) is 57.5 Å². The van der Waals surface area contributed by atoms with Gasteiger partial charge in [-0.15, -0.1) is 0 Å². The molecule has 182 valence electrons. The van der Waals surface area contributed by atoms with E-state index in [1.165, 1.54) is 3.97 Å². The molecule has 5 nitrogen and oxygen atoms in total. The number of hydrogen-bond acceptors (Lipinski definition) is 4. The highest BCUT2D eigenvalue weighted by Crippen LogP contribution is 2.46. The van der Waals surface area contributed by atoms with Crippen molar-refractivity contribution in [3.8, 4) is 33.9 Å². The molecule has 0 unspecified atom stereocenters. The van der Waals surface area contributed by atoms with Crippen LogP contribution < -0.4 is 9.47 Å². The summed E-state index contributed by atoms with van der Waals surface area (Å²) in [6.45, 7) is 3.91. The van der Waals surface area contributed by atoms with E-state index in [4.69, 9.17) is 9.47 Å². The number of ether oxygens (including phenoxy) is 2. The van der Waals surface area contributed by atoms with E-state index in [0.717, 1.165) is 39.0 Å². The standard InChI is InChI=1S/C30H27NO4S/c1-20-12-18-24(19-13-20)36(32,33)31-26-10-6-5-9-25(26)29(22-14-16-23(34-3)17-15-22)30(31)28-21(2)8-7-11-27(28)35-4/h5-19H,1-4H3. The molecule has 1 aromatic heterocycles. The molecule has 5 aromatic rings. The normalized spacial score (nSPS) is 11.6. The Morgan fingerprint density at radius 1 is 0.694 bits per heavy atom. The monoisotopic (exact) mass is 497 g/mol. The minimum Gasteiger partial charge on any atom is -0.497 e. The third-order valence-electron chi connectivity index (χ3n) is 6.46. The first-order valence-electron chi connectivity index (χ1n) is 11.6. The Labute approximate surface area is 211 Å². The van der Waals surface area contributed by atoms with Gasteiger partial charge in [-0.2, -0.15) is 0 Å². The predicted octanol–water partition coefficient (Wildman–Crippen LogP) is 6.85. The fourth-order valence-electron chi connectivity index (χ4n) is 4.67. The molecule has 0 aliphatic carbocycles. The molecule has 1 heterocycles. The van der Waals surface area contributed by atoms with E-state index in [1.807, 2.05) is 92.7 Å². The van der Waals surface area contributed by atoms with Gasteiger partial charge in [-0.05, 0) is 61.4 Å². The van der Waals surface area contributed by atoms with Crippen LogP contribution in [-0.4, -0.2) is 26.6 Å². The quantitative estimate of drug-likeness (QED) is 0.258. The van der Waals surface area contributed by atoms with Gasteiger partial charge in [-0.1, -0.05) is 60.2 Å². The molecule has 0 bridgehead atoms. The van der Waals surface area contributed by atoms with Crippen molar-refractivity contribution in [3.63, 3.8) is 0 Å². The van der Waals surface area contributed by atoms with E-state index in [9.17, 15) is 8.42 Å². The second-order valence-corrected chi connectivity index (χ2v) is 10.5. The number of methoxy groups -OCH3 is 2. The van der Waals surface area contributed by atoms with Crippen molar-refractivity contribution < 1.29 is 17.9 Å². The predicted molar refractivity (Wildman–Crippen MR) is 144 cm³/mol. The van der Waals surface area contributed by atoms with Crippen molar-refractivity contribution in [3.05, 3.63) is 102 Å². The second-order valence-electron chi connectivity index (χ2n) is 8.70. The summed E-state index contributed by atoms with van der Waals surface area (Å²) in [5.41, 5.74) is 5.50. The van der Waals surface area contributed by atoms with Gasteiger partial charge in [-0.25, -0.2) is 12.4 Å². The van der Waals surface area contributed by atoms with Crippen LogP contribution in [0, 0.1) is 13.8 Å². The molecule has 0 spiro atoms. The number of nitrogens with zero attached hydrogens (tertiary/aromatic N) is 1. The molecule has 0 atom stereocenters. The number of benzene rings is 4. The fourth-order valence-corrected chi connectivity index (χ4v) is 6.20. The number of fused-ring (bicyclic) bond motifs is 1. The minimum atomic E-state index is -3.97. The van der Waals surface area contributed by atoms with Crippen LogP contribution in [0.4, 0.5) is 0 Å². The lowest BCUT2D eigenvalue weighted by Gasteiger charge is -2.18. The molecular weight excluding hydrogens is 470 g/mol. The molecule has 0 fully saturated rings. The minimum absolute atomic E-state index is 0.226. The molecule has 0 aliphatic rings. The summed E-state index contributed by atoms with van der Waals surface area (Å²) >= 11 is 0. The lowest BCUT2D eigenvalue weighted by molar-refractivity contribution is 0.415. The van der Waals surface area contributed by atoms with Crippen molar-refractivity contribution in [2.75, 3.05) is 14.2 Å². The summed E-state index contributed by atoms with van der Waals surface area (Å²) in [7, 11) is -0.739. The molecule has 36 heavy (non-hydrogen) atoms. The Bertz CT molecular complexity index is 1670. The number of aryl methyl sites for hydroxylation is 2. The average Bonchev–Trinajstić information content (AvgIpc) is 3.24. The molecule has 0 aliphatic heterocycles. The highest BCUT2D eigenvalue weighted by Gasteiger charge is 2.30. The summed E-state index contributed by atoms with van der Waals surface area (Å²) in [4.78, 5) is 0.226. The van der Waals surface area contributed by atoms with Gasteiger partial charge in [0.25, 0.3) is 10.0 Å². The van der Waals surface area contributed by atoms with E-state index < -0.39 is 10.0 Å². The van der Waals surface area contributed by atoms with Gasteiger partial charge in [0.2, 0.25) is 0 Å². The third-order valence-corrected chi connectivity index (χ3v) is 8.19. The van der Waals surface area contributed by atoms with Crippen LogP contribution in [0.2, 0.25) is 0 Å². The summed E-state index contributed by atoms with van der Waals surface area (Å²) in [5.74, 6) is 1.33. The molecule has 0 radical (unpaired) electrons. The van der Waals surface area contributed by atoms with Crippen molar-refractivity contribution in [2.24, 2.45) is 0 Å². The largest absolute Gasteiger partial charge is 0.497 e. The molecule has 0 amide bonds. The average molecular weight is 498 g/mol. The fraction of sp³-hybridized carbons (Fsp3) is 0.133. The van der Waals surface area contributed by atoms with Crippen molar-refractivity contribution in [1.29, 1.82) is 0 Å². The maximum atomic E-state index is 14.3. The Morgan fingerprint density at radius 2 is 1.39 bits per heavy atom. The zero-order valence-corrected chi connectivity index (χ0v) is 21.5. The number of aromatic nitrogens is 1. The van der Waals surface area contributed by atoms with Crippen LogP contribution >= 0.6 is 0 Å². The second kappa shape index (κ2) is 9.21. The lowest BCUT2D eigenvalue weighted by Crippen LogP contribution is -2.15. The number of rotatable bonds is 6. The van der Waals surface area contributed by atoms with E-state index in [2.05, 4.69) is 0 Å². The third kappa shape index (κ3) is 3.84. The van der Waals surface area contributed by atoms with E-state index in [0.29, 0.717) is 17.0 Å². The molecule has 0 saturated carbocycles. The Kier molecular flexibility index (Phi) is 6.06. The SMILES string of the molecule is COc1ccc(-c2c(-c3c(C)cccc3OC)n(S(=O)(=O)c3ccc(C)cc3)c3ccccc23)cc1. The highest BCUT2D eigenvalue weighted by atomic mass is 32.2. The highest BCUT2D eigenvalue weighted by molar-refractivity contribution is 7.90. The zero-order chi connectivity index (χ0) is 25.4. The Balaban J connectivity index is 1.97. The smallest absolute Gasteiger partial charge is 0.268 e. The number of hydrogen-bond donors (Lipinski definition) is 0. The van der Waals surface area contributed by atoms with Crippen LogP contribution in [0.3, 0.4) is 0 Å². The number of para-hydroxylation sites is 1. The Morgan fingerprint density at radius 3 is 2.06 bits per heavy atom.